The number of ether oxygens (including phenoxy) is 1. The molecule has 0 saturated carbocycles. The molecule has 11 nitrogen and oxygen atoms in total. The first-order valence-electron chi connectivity index (χ1n) is 13.4. The first kappa shape index (κ1) is 30.2. The molecule has 0 unspecified atom stereocenters. The molecule has 220 valence electrons. The molecule has 1 aliphatic heterocycles. The summed E-state index contributed by atoms with van der Waals surface area (Å²) in [5.74, 6) is -0.998. The molecular weight excluding hydrogens is 546 g/mol. The van der Waals surface area contributed by atoms with Gasteiger partial charge >= 0.3 is 0 Å². The number of aromatic nitrogens is 2. The van der Waals surface area contributed by atoms with Crippen LogP contribution < -0.4 is 10.1 Å². The monoisotopic (exact) mass is 583 g/mol. The molecule has 4 rings (SSSR count). The van der Waals surface area contributed by atoms with Crippen LogP contribution >= 0.6 is 0 Å². The predicted molar refractivity (Wildman–Crippen MR) is 154 cm³/mol. The van der Waals surface area contributed by atoms with Crippen LogP contribution in [0.15, 0.2) is 53.4 Å². The zero-order valence-electron chi connectivity index (χ0n) is 24.2. The van der Waals surface area contributed by atoms with Gasteiger partial charge in [-0.1, -0.05) is 30.7 Å². The molecule has 0 fully saturated rings. The molecule has 12 heteroatoms. The molecule has 3 aromatic rings. The molecule has 2 N–H and O–H groups in total. The molecule has 3 atom stereocenters. The van der Waals surface area contributed by atoms with E-state index in [9.17, 15) is 23.1 Å². The van der Waals surface area contributed by atoms with E-state index in [4.69, 9.17) is 4.74 Å². The third-order valence-electron chi connectivity index (χ3n) is 7.34. The number of para-hydroxylation sites is 1. The molecule has 2 heterocycles. The number of nitrogens with one attached hydrogen (secondary N) is 1. The average Bonchev–Trinajstić information content (AvgIpc) is 3.28. The van der Waals surface area contributed by atoms with Crippen molar-refractivity contribution in [2.75, 3.05) is 32.1 Å². The number of amides is 2. The van der Waals surface area contributed by atoms with Crippen LogP contribution in [-0.4, -0.2) is 83.2 Å². The largest absolute Gasteiger partial charge is 0.486 e. The van der Waals surface area contributed by atoms with Crippen LogP contribution in [0.4, 0.5) is 5.69 Å². The highest BCUT2D eigenvalue weighted by molar-refractivity contribution is 7.89. The van der Waals surface area contributed by atoms with Crippen molar-refractivity contribution in [3.05, 3.63) is 71.0 Å². The minimum absolute atomic E-state index is 0.0183. The first-order valence-corrected chi connectivity index (χ1v) is 14.8. The maximum Gasteiger partial charge on any atom is 0.274 e. The van der Waals surface area contributed by atoms with Crippen molar-refractivity contribution in [3.63, 3.8) is 0 Å². The van der Waals surface area contributed by atoms with Gasteiger partial charge < -0.3 is 20.1 Å². The first-order chi connectivity index (χ1) is 19.3. The Hall–Kier alpha value is -3.74. The topological polar surface area (TPSA) is 134 Å². The lowest BCUT2D eigenvalue weighted by Gasteiger charge is -2.38. The minimum atomic E-state index is -3.84. The summed E-state index contributed by atoms with van der Waals surface area (Å²) in [6.07, 6.45) is -0.697. The Morgan fingerprint density at radius 1 is 1.22 bits per heavy atom. The van der Waals surface area contributed by atoms with Gasteiger partial charge in [-0.05, 0) is 51.1 Å². The highest BCUT2D eigenvalue weighted by Crippen LogP contribution is 2.35. The van der Waals surface area contributed by atoms with Crippen molar-refractivity contribution in [1.29, 1.82) is 0 Å². The number of nitrogens with zero attached hydrogens (tertiary/aromatic N) is 4. The number of fused-ring (bicyclic) bond motifs is 1. The molecular formula is C29H37N5O6S. The lowest BCUT2D eigenvalue weighted by molar-refractivity contribution is 0.0388. The Balaban J connectivity index is 1.73. The number of aryl methyl sites for hydroxylation is 3. The van der Waals surface area contributed by atoms with E-state index in [-0.39, 0.29) is 53.4 Å². The second-order valence-electron chi connectivity index (χ2n) is 10.7. The van der Waals surface area contributed by atoms with E-state index in [1.165, 1.54) is 16.0 Å². The standard InChI is InChI=1S/C29H37N5O6S/c1-18-10-12-22(13-11-18)41(38,39)32(5)16-26-19(2)15-34(21(4)17-35)29(37)23-8-7-9-24(27(23)40-26)30-28(36)25-14-20(3)31-33(25)6/h7-14,19,21,26,35H,15-17H2,1-6H3,(H,30,36)/t19-,21-,26+/m1/s1. The highest BCUT2D eigenvalue weighted by atomic mass is 32.2. The number of anilines is 1. The molecule has 1 aromatic heterocycles. The lowest BCUT2D eigenvalue weighted by atomic mass is 9.99. The number of sulfonamides is 1. The van der Waals surface area contributed by atoms with Gasteiger partial charge in [0.15, 0.2) is 5.75 Å². The lowest BCUT2D eigenvalue weighted by Crippen LogP contribution is -2.50. The van der Waals surface area contributed by atoms with E-state index in [0.29, 0.717) is 11.4 Å². The van der Waals surface area contributed by atoms with Crippen molar-refractivity contribution >= 4 is 27.5 Å². The number of benzene rings is 2. The molecule has 0 bridgehead atoms. The van der Waals surface area contributed by atoms with Crippen LogP contribution in [0.1, 0.15) is 46.0 Å². The number of carbonyl (C=O) groups is 2. The van der Waals surface area contributed by atoms with E-state index >= 15 is 0 Å². The number of aliphatic hydroxyl groups is 1. The summed E-state index contributed by atoms with van der Waals surface area (Å²) in [6.45, 7) is 7.23. The molecule has 1 aliphatic rings. The van der Waals surface area contributed by atoms with Gasteiger partial charge in [-0.2, -0.15) is 9.40 Å². The van der Waals surface area contributed by atoms with Gasteiger partial charge in [-0.15, -0.1) is 0 Å². The van der Waals surface area contributed by atoms with E-state index in [1.807, 2.05) is 13.8 Å². The maximum atomic E-state index is 13.7. The Morgan fingerprint density at radius 3 is 2.51 bits per heavy atom. The van der Waals surface area contributed by atoms with Crippen LogP contribution in [0, 0.1) is 19.8 Å². The van der Waals surface area contributed by atoms with Crippen molar-refractivity contribution in [2.45, 2.75) is 44.7 Å². The van der Waals surface area contributed by atoms with Crippen LogP contribution in [0.2, 0.25) is 0 Å². The zero-order chi connectivity index (χ0) is 30.1. The fraction of sp³-hybridized carbons (Fsp3) is 0.414. The van der Waals surface area contributed by atoms with E-state index in [1.54, 1.807) is 74.3 Å². The number of hydrogen-bond donors (Lipinski definition) is 2. The number of likely N-dealkylation sites (N-methyl/N-ethyl adjacent to an activating group) is 1. The Bertz CT molecular complexity index is 1540. The van der Waals surface area contributed by atoms with Gasteiger partial charge in [0.2, 0.25) is 10.0 Å². The van der Waals surface area contributed by atoms with Gasteiger partial charge in [-0.3, -0.25) is 14.3 Å². The van der Waals surface area contributed by atoms with Crippen molar-refractivity contribution < 1.29 is 27.9 Å². The Kier molecular flexibility index (Phi) is 8.86. The van der Waals surface area contributed by atoms with Gasteiger partial charge in [-0.25, -0.2) is 8.42 Å². The molecule has 41 heavy (non-hydrogen) atoms. The third-order valence-corrected chi connectivity index (χ3v) is 9.18. The van der Waals surface area contributed by atoms with Crippen LogP contribution in [0.25, 0.3) is 0 Å². The average molecular weight is 584 g/mol. The fourth-order valence-electron chi connectivity index (χ4n) is 4.81. The maximum absolute atomic E-state index is 13.7. The zero-order valence-corrected chi connectivity index (χ0v) is 25.0. The predicted octanol–water partition coefficient (Wildman–Crippen LogP) is 2.83. The summed E-state index contributed by atoms with van der Waals surface area (Å²) in [6, 6.07) is 12.6. The van der Waals surface area contributed by atoms with Crippen LogP contribution in [-0.2, 0) is 17.1 Å². The minimum Gasteiger partial charge on any atom is -0.486 e. The molecule has 0 saturated heterocycles. The van der Waals surface area contributed by atoms with Crippen molar-refractivity contribution in [2.24, 2.45) is 13.0 Å². The normalized spacial score (nSPS) is 18.3. The Labute approximate surface area is 240 Å². The highest BCUT2D eigenvalue weighted by Gasteiger charge is 2.36. The van der Waals surface area contributed by atoms with Crippen molar-refractivity contribution in [1.82, 2.24) is 19.0 Å². The molecule has 2 amide bonds. The fourth-order valence-corrected chi connectivity index (χ4v) is 5.99. The quantitative estimate of drug-likeness (QED) is 0.417. The number of rotatable bonds is 8. The SMILES string of the molecule is Cc1ccc(S(=O)(=O)N(C)C[C@@H]2Oc3c(NC(=O)c4cc(C)nn4C)cccc3C(=O)N([C@H](C)CO)C[C@H]2C)cc1. The summed E-state index contributed by atoms with van der Waals surface area (Å²) in [4.78, 5) is 28.6. The van der Waals surface area contributed by atoms with Gasteiger partial charge in [0.25, 0.3) is 11.8 Å². The van der Waals surface area contributed by atoms with Crippen molar-refractivity contribution in [3.8, 4) is 5.75 Å². The van der Waals surface area contributed by atoms with Gasteiger partial charge in [0.1, 0.15) is 11.8 Å². The summed E-state index contributed by atoms with van der Waals surface area (Å²) >= 11 is 0. The summed E-state index contributed by atoms with van der Waals surface area (Å²) in [5, 5.41) is 17.0. The second kappa shape index (κ2) is 12.0. The van der Waals surface area contributed by atoms with E-state index < -0.39 is 28.1 Å². The summed E-state index contributed by atoms with van der Waals surface area (Å²) in [7, 11) is -0.687. The molecule has 0 radical (unpaired) electrons. The van der Waals surface area contributed by atoms with Gasteiger partial charge in [0, 0.05) is 26.6 Å². The number of carbonyl (C=O) groups excluding carboxylic acids is 2. The van der Waals surface area contributed by atoms with Gasteiger partial charge in [0.05, 0.1) is 41.0 Å². The van der Waals surface area contributed by atoms with Crippen LogP contribution in [0.5, 0.6) is 5.75 Å². The third kappa shape index (κ3) is 6.29. The summed E-state index contributed by atoms with van der Waals surface area (Å²) < 4.78 is 36.0. The smallest absolute Gasteiger partial charge is 0.274 e. The molecule has 0 spiro atoms. The Morgan fingerprint density at radius 2 is 1.90 bits per heavy atom. The van der Waals surface area contributed by atoms with Crippen LogP contribution in [0.3, 0.4) is 0 Å². The summed E-state index contributed by atoms with van der Waals surface area (Å²) in [5.41, 5.74) is 2.40. The van der Waals surface area contributed by atoms with E-state index in [2.05, 4.69) is 10.4 Å². The number of aliphatic hydroxyl groups excluding tert-OH is 1. The van der Waals surface area contributed by atoms with E-state index in [0.717, 1.165) is 5.56 Å². The second-order valence-corrected chi connectivity index (χ2v) is 12.7. The number of hydrogen-bond acceptors (Lipinski definition) is 7. The molecule has 0 aliphatic carbocycles. The molecule has 2 aromatic carbocycles.